The first kappa shape index (κ1) is 23.0. The Morgan fingerprint density at radius 2 is 2.00 bits per heavy atom. The van der Waals surface area contributed by atoms with E-state index in [1.807, 2.05) is 19.1 Å². The van der Waals surface area contributed by atoms with Gasteiger partial charge in [0.25, 0.3) is 0 Å². The van der Waals surface area contributed by atoms with Gasteiger partial charge in [0.2, 0.25) is 5.95 Å². The Labute approximate surface area is 207 Å². The Kier molecular flexibility index (Phi) is 6.68. The molecule has 0 aliphatic carbocycles. The number of aryl methyl sites for hydroxylation is 1. The third kappa shape index (κ3) is 4.60. The molecule has 2 aromatic heterocycles. The van der Waals surface area contributed by atoms with Gasteiger partial charge in [-0.25, -0.2) is 14.4 Å². The molecule has 2 N–H and O–H groups in total. The molecule has 0 bridgehead atoms. The molecular weight excluding hydrogens is 474 g/mol. The molecule has 1 unspecified atom stereocenters. The molecule has 176 valence electrons. The van der Waals surface area contributed by atoms with Crippen LogP contribution >= 0.6 is 23.2 Å². The summed E-state index contributed by atoms with van der Waals surface area (Å²) in [6.07, 6.45) is 3.60. The van der Waals surface area contributed by atoms with Crippen LogP contribution in [0.3, 0.4) is 0 Å². The molecule has 3 heterocycles. The summed E-state index contributed by atoms with van der Waals surface area (Å²) in [6, 6.07) is 10.6. The molecule has 9 heteroatoms. The van der Waals surface area contributed by atoms with E-state index < -0.39 is 0 Å². The van der Waals surface area contributed by atoms with Crippen LogP contribution in [-0.2, 0) is 19.5 Å². The van der Waals surface area contributed by atoms with E-state index in [9.17, 15) is 4.39 Å². The SMILES string of the molecule is CCc1ccc(F)c(CNc2ncc3nc(-c4c(Cl)cccc4Cl)n(CC4CCNC4)c3n2)c1. The maximum absolute atomic E-state index is 14.3. The number of anilines is 1. The van der Waals surface area contributed by atoms with Gasteiger partial charge >= 0.3 is 0 Å². The number of halogens is 3. The molecule has 0 radical (unpaired) electrons. The van der Waals surface area contributed by atoms with Crippen LogP contribution in [-0.4, -0.2) is 32.6 Å². The normalized spacial score (nSPS) is 15.8. The standard InChI is InChI=1S/C25H25Cl2FN6/c1-2-15-6-7-20(28)17(10-15)12-30-25-31-13-21-23(33-25)34(14-16-8-9-29-11-16)24(32-21)22-18(26)4-3-5-19(22)27/h3-7,10,13,16,29H,2,8-9,11-12,14H2,1H3,(H,30,31,33). The van der Waals surface area contributed by atoms with Gasteiger partial charge in [-0.15, -0.1) is 0 Å². The van der Waals surface area contributed by atoms with Crippen molar-refractivity contribution in [3.8, 4) is 11.4 Å². The molecule has 0 spiro atoms. The van der Waals surface area contributed by atoms with E-state index in [0.717, 1.165) is 38.0 Å². The van der Waals surface area contributed by atoms with Crippen molar-refractivity contribution in [2.75, 3.05) is 18.4 Å². The van der Waals surface area contributed by atoms with E-state index in [4.69, 9.17) is 33.2 Å². The lowest BCUT2D eigenvalue weighted by Crippen LogP contribution is -2.16. The number of hydrogen-bond donors (Lipinski definition) is 2. The van der Waals surface area contributed by atoms with Gasteiger partial charge in [-0.05, 0) is 55.6 Å². The summed E-state index contributed by atoms with van der Waals surface area (Å²) in [7, 11) is 0. The highest BCUT2D eigenvalue weighted by atomic mass is 35.5. The molecule has 4 aromatic rings. The first-order chi connectivity index (χ1) is 16.5. The van der Waals surface area contributed by atoms with Crippen molar-refractivity contribution in [3.63, 3.8) is 0 Å². The summed E-state index contributed by atoms with van der Waals surface area (Å²) in [5.41, 5.74) is 3.69. The van der Waals surface area contributed by atoms with Crippen LogP contribution in [0.5, 0.6) is 0 Å². The van der Waals surface area contributed by atoms with Gasteiger partial charge in [0.05, 0.1) is 21.8 Å². The zero-order valence-corrected chi connectivity index (χ0v) is 20.3. The van der Waals surface area contributed by atoms with Crippen LogP contribution in [0.1, 0.15) is 24.5 Å². The van der Waals surface area contributed by atoms with E-state index in [-0.39, 0.29) is 12.4 Å². The van der Waals surface area contributed by atoms with Gasteiger partial charge in [0.1, 0.15) is 17.2 Å². The third-order valence-electron chi connectivity index (χ3n) is 6.23. The lowest BCUT2D eigenvalue weighted by Gasteiger charge is -2.15. The van der Waals surface area contributed by atoms with E-state index in [1.165, 1.54) is 6.07 Å². The molecule has 34 heavy (non-hydrogen) atoms. The van der Waals surface area contributed by atoms with Crippen LogP contribution in [0.15, 0.2) is 42.6 Å². The predicted molar refractivity (Wildman–Crippen MR) is 135 cm³/mol. The van der Waals surface area contributed by atoms with Crippen molar-refractivity contribution in [1.82, 2.24) is 24.8 Å². The Hall–Kier alpha value is -2.74. The van der Waals surface area contributed by atoms with Crippen molar-refractivity contribution >= 4 is 40.3 Å². The quantitative estimate of drug-likeness (QED) is 0.340. The predicted octanol–water partition coefficient (Wildman–Crippen LogP) is 5.72. The van der Waals surface area contributed by atoms with Gasteiger partial charge in [-0.2, -0.15) is 4.98 Å². The van der Waals surface area contributed by atoms with Gasteiger partial charge < -0.3 is 15.2 Å². The van der Waals surface area contributed by atoms with E-state index in [1.54, 1.807) is 24.4 Å². The molecule has 1 aliphatic rings. The fraction of sp³-hybridized carbons (Fsp3) is 0.320. The Morgan fingerprint density at radius 1 is 1.18 bits per heavy atom. The lowest BCUT2D eigenvalue weighted by molar-refractivity contribution is 0.490. The molecule has 1 fully saturated rings. The number of aromatic nitrogens is 4. The first-order valence-electron chi connectivity index (χ1n) is 11.4. The number of nitrogens with one attached hydrogen (secondary N) is 2. The maximum Gasteiger partial charge on any atom is 0.225 e. The molecule has 0 amide bonds. The third-order valence-corrected chi connectivity index (χ3v) is 6.86. The van der Waals surface area contributed by atoms with Crippen molar-refractivity contribution in [2.24, 2.45) is 5.92 Å². The zero-order chi connectivity index (χ0) is 23.7. The van der Waals surface area contributed by atoms with Crippen LogP contribution in [0.25, 0.3) is 22.6 Å². The van der Waals surface area contributed by atoms with Gasteiger partial charge in [0.15, 0.2) is 5.65 Å². The average molecular weight is 499 g/mol. The van der Waals surface area contributed by atoms with Crippen molar-refractivity contribution in [3.05, 3.63) is 69.6 Å². The second kappa shape index (κ2) is 9.86. The second-order valence-corrected chi connectivity index (χ2v) is 9.35. The number of fused-ring (bicyclic) bond motifs is 1. The monoisotopic (exact) mass is 498 g/mol. The molecule has 5 rings (SSSR count). The van der Waals surface area contributed by atoms with E-state index in [0.29, 0.717) is 50.0 Å². The highest BCUT2D eigenvalue weighted by Crippen LogP contribution is 2.36. The smallest absolute Gasteiger partial charge is 0.225 e. The van der Waals surface area contributed by atoms with E-state index in [2.05, 4.69) is 20.2 Å². The number of nitrogens with zero attached hydrogens (tertiary/aromatic N) is 4. The second-order valence-electron chi connectivity index (χ2n) is 8.54. The Morgan fingerprint density at radius 3 is 2.74 bits per heavy atom. The van der Waals surface area contributed by atoms with Gasteiger partial charge in [0, 0.05) is 18.7 Å². The average Bonchev–Trinajstić information content (AvgIpc) is 3.47. The summed E-state index contributed by atoms with van der Waals surface area (Å²) in [5.74, 6) is 1.27. The first-order valence-corrected chi connectivity index (χ1v) is 12.2. The number of hydrogen-bond acceptors (Lipinski definition) is 5. The minimum absolute atomic E-state index is 0.250. The van der Waals surface area contributed by atoms with Gasteiger partial charge in [-0.1, -0.05) is 48.3 Å². The Bertz CT molecular complexity index is 1310. The lowest BCUT2D eigenvalue weighted by atomic mass is 10.1. The molecule has 1 saturated heterocycles. The van der Waals surface area contributed by atoms with Crippen molar-refractivity contribution in [1.29, 1.82) is 0 Å². The molecule has 2 aromatic carbocycles. The van der Waals surface area contributed by atoms with E-state index >= 15 is 0 Å². The number of imidazole rings is 1. The molecule has 1 atom stereocenters. The summed E-state index contributed by atoms with van der Waals surface area (Å²) in [4.78, 5) is 14.0. The fourth-order valence-corrected chi connectivity index (χ4v) is 4.93. The minimum atomic E-state index is -0.250. The molecule has 0 saturated carbocycles. The van der Waals surface area contributed by atoms with Crippen molar-refractivity contribution < 1.29 is 4.39 Å². The molecule has 6 nitrogen and oxygen atoms in total. The van der Waals surface area contributed by atoms with Crippen LogP contribution in [0, 0.1) is 11.7 Å². The fourth-order valence-electron chi connectivity index (χ4n) is 4.37. The molecular formula is C25H25Cl2FN6. The topological polar surface area (TPSA) is 67.7 Å². The summed E-state index contributed by atoms with van der Waals surface area (Å²) in [5, 5.41) is 7.65. The maximum atomic E-state index is 14.3. The van der Waals surface area contributed by atoms with Crippen LogP contribution < -0.4 is 10.6 Å². The summed E-state index contributed by atoms with van der Waals surface area (Å²) in [6.45, 7) is 4.98. The molecule has 1 aliphatic heterocycles. The minimum Gasteiger partial charge on any atom is -0.350 e. The largest absolute Gasteiger partial charge is 0.350 e. The zero-order valence-electron chi connectivity index (χ0n) is 18.8. The van der Waals surface area contributed by atoms with Crippen LogP contribution in [0.4, 0.5) is 10.3 Å². The highest BCUT2D eigenvalue weighted by Gasteiger charge is 2.23. The van der Waals surface area contributed by atoms with Crippen LogP contribution in [0.2, 0.25) is 10.0 Å². The van der Waals surface area contributed by atoms with Gasteiger partial charge in [-0.3, -0.25) is 0 Å². The Balaban J connectivity index is 1.53. The summed E-state index contributed by atoms with van der Waals surface area (Å²) >= 11 is 13.1. The summed E-state index contributed by atoms with van der Waals surface area (Å²) < 4.78 is 16.4. The number of rotatable bonds is 7. The van der Waals surface area contributed by atoms with Crippen molar-refractivity contribution in [2.45, 2.75) is 32.9 Å². The number of benzene rings is 2. The highest BCUT2D eigenvalue weighted by molar-refractivity contribution is 6.39.